The molecule has 1 aromatic rings. The molecule has 0 aromatic carbocycles. The zero-order valence-corrected chi connectivity index (χ0v) is 15.0. The Morgan fingerprint density at radius 2 is 2.08 bits per heavy atom. The highest BCUT2D eigenvalue weighted by Crippen LogP contribution is 2.08. The van der Waals surface area contributed by atoms with Crippen LogP contribution in [0.1, 0.15) is 51.0 Å². The number of hydrogen-bond donors (Lipinski definition) is 1. The molecule has 1 rings (SSSR count). The number of pyridine rings is 1. The van der Waals surface area contributed by atoms with Crippen molar-refractivity contribution in [3.05, 3.63) is 48.2 Å². The first-order valence-corrected chi connectivity index (χ1v) is 8.86. The summed E-state index contributed by atoms with van der Waals surface area (Å²) in [5.74, 6) is 0.530. The van der Waals surface area contributed by atoms with E-state index in [1.165, 1.54) is 32.1 Å². The number of aromatic nitrogens is 1. The number of amides is 1. The molecule has 1 heterocycles. The van der Waals surface area contributed by atoms with E-state index in [0.717, 1.165) is 18.4 Å². The third kappa shape index (κ3) is 9.82. The van der Waals surface area contributed by atoms with Gasteiger partial charge in [0.1, 0.15) is 0 Å². The van der Waals surface area contributed by atoms with E-state index in [2.05, 4.69) is 23.3 Å². The Kier molecular flexibility index (Phi) is 11.1. The van der Waals surface area contributed by atoms with Crippen molar-refractivity contribution in [3.63, 3.8) is 0 Å². The molecule has 0 unspecified atom stereocenters. The second kappa shape index (κ2) is 13.3. The van der Waals surface area contributed by atoms with Gasteiger partial charge in [0, 0.05) is 24.9 Å². The van der Waals surface area contributed by atoms with E-state index in [0.29, 0.717) is 12.4 Å². The standard InChI is InChI=1S/C20H30N2O2/c1-3-4-5-6-7-8-9-10-11-12-19(23)21-15-13-18-14-16-22-20(17-18)24-2/h9-12,14,16-17H,3-8,13,15H2,1-2H3,(H,21,23). The zero-order valence-electron chi connectivity index (χ0n) is 15.0. The summed E-state index contributed by atoms with van der Waals surface area (Å²) in [5, 5.41) is 2.87. The predicted octanol–water partition coefficient (Wildman–Crippen LogP) is 4.22. The topological polar surface area (TPSA) is 51.2 Å². The van der Waals surface area contributed by atoms with Crippen molar-refractivity contribution in [1.29, 1.82) is 0 Å². The van der Waals surface area contributed by atoms with Crippen molar-refractivity contribution in [2.45, 2.75) is 51.9 Å². The quantitative estimate of drug-likeness (QED) is 0.355. The first-order chi connectivity index (χ1) is 11.8. The number of ether oxygens (including phenoxy) is 1. The van der Waals surface area contributed by atoms with Gasteiger partial charge in [0.25, 0.3) is 0 Å². The van der Waals surface area contributed by atoms with Crippen molar-refractivity contribution >= 4 is 5.91 Å². The maximum absolute atomic E-state index is 11.7. The minimum Gasteiger partial charge on any atom is -0.481 e. The average Bonchev–Trinajstić information content (AvgIpc) is 2.60. The molecule has 0 radical (unpaired) electrons. The van der Waals surface area contributed by atoms with E-state index < -0.39 is 0 Å². The van der Waals surface area contributed by atoms with Crippen LogP contribution in [0.4, 0.5) is 0 Å². The number of carbonyl (C=O) groups is 1. The fourth-order valence-corrected chi connectivity index (χ4v) is 2.29. The highest BCUT2D eigenvalue weighted by molar-refractivity contribution is 5.87. The number of methoxy groups -OCH3 is 1. The van der Waals surface area contributed by atoms with E-state index in [4.69, 9.17) is 4.74 Å². The van der Waals surface area contributed by atoms with Crippen LogP contribution >= 0.6 is 0 Å². The van der Waals surface area contributed by atoms with Crippen LogP contribution in [0, 0.1) is 0 Å². The van der Waals surface area contributed by atoms with Gasteiger partial charge in [-0.15, -0.1) is 0 Å². The molecular weight excluding hydrogens is 300 g/mol. The summed E-state index contributed by atoms with van der Waals surface area (Å²) in [5.41, 5.74) is 1.09. The van der Waals surface area contributed by atoms with Crippen LogP contribution in [0.5, 0.6) is 5.88 Å². The van der Waals surface area contributed by atoms with E-state index >= 15 is 0 Å². The van der Waals surface area contributed by atoms with E-state index in [-0.39, 0.29) is 5.91 Å². The van der Waals surface area contributed by atoms with Crippen LogP contribution in [-0.4, -0.2) is 24.5 Å². The molecule has 132 valence electrons. The molecule has 0 aliphatic rings. The smallest absolute Gasteiger partial charge is 0.243 e. The number of allylic oxidation sites excluding steroid dienone is 3. The molecule has 0 atom stereocenters. The lowest BCUT2D eigenvalue weighted by Gasteiger charge is -2.04. The van der Waals surface area contributed by atoms with Crippen molar-refractivity contribution in [2.75, 3.05) is 13.7 Å². The number of nitrogens with zero attached hydrogens (tertiary/aromatic N) is 1. The Morgan fingerprint density at radius 3 is 2.88 bits per heavy atom. The largest absolute Gasteiger partial charge is 0.481 e. The third-order valence-corrected chi connectivity index (χ3v) is 3.69. The Bertz CT molecular complexity index is 524. The molecule has 4 nitrogen and oxygen atoms in total. The van der Waals surface area contributed by atoms with E-state index in [1.54, 1.807) is 25.5 Å². The normalized spacial score (nSPS) is 11.2. The summed E-state index contributed by atoms with van der Waals surface area (Å²) in [6.45, 7) is 2.82. The minimum absolute atomic E-state index is 0.0661. The number of nitrogens with one attached hydrogen (secondary N) is 1. The Morgan fingerprint density at radius 1 is 1.25 bits per heavy atom. The highest BCUT2D eigenvalue weighted by Gasteiger charge is 1.98. The molecule has 24 heavy (non-hydrogen) atoms. The van der Waals surface area contributed by atoms with Gasteiger partial charge < -0.3 is 10.1 Å². The van der Waals surface area contributed by atoms with Crippen LogP contribution in [0.3, 0.4) is 0 Å². The fourth-order valence-electron chi connectivity index (χ4n) is 2.29. The number of hydrogen-bond acceptors (Lipinski definition) is 3. The van der Waals surface area contributed by atoms with Crippen LogP contribution in [0.15, 0.2) is 42.6 Å². The molecular formula is C20H30N2O2. The summed E-state index contributed by atoms with van der Waals surface area (Å²) in [4.78, 5) is 15.8. The molecule has 0 saturated carbocycles. The molecule has 1 amide bonds. The monoisotopic (exact) mass is 330 g/mol. The van der Waals surface area contributed by atoms with Gasteiger partial charge in [-0.25, -0.2) is 4.98 Å². The summed E-state index contributed by atoms with van der Waals surface area (Å²) < 4.78 is 5.08. The molecule has 0 saturated heterocycles. The lowest BCUT2D eigenvalue weighted by Crippen LogP contribution is -2.23. The van der Waals surface area contributed by atoms with Gasteiger partial charge in [0.15, 0.2) is 0 Å². The van der Waals surface area contributed by atoms with Gasteiger partial charge in [-0.1, -0.05) is 50.8 Å². The molecule has 1 aromatic heterocycles. The summed E-state index contributed by atoms with van der Waals surface area (Å²) in [6, 6.07) is 3.80. The molecule has 0 fully saturated rings. The van der Waals surface area contributed by atoms with Gasteiger partial charge in [-0.3, -0.25) is 4.79 Å². The molecule has 0 aliphatic heterocycles. The van der Waals surface area contributed by atoms with E-state index in [9.17, 15) is 4.79 Å². The Labute approximate surface area is 146 Å². The van der Waals surface area contributed by atoms with Crippen LogP contribution < -0.4 is 10.1 Å². The lowest BCUT2D eigenvalue weighted by atomic mass is 10.1. The van der Waals surface area contributed by atoms with E-state index in [1.807, 2.05) is 18.2 Å². The van der Waals surface area contributed by atoms with Crippen molar-refractivity contribution < 1.29 is 9.53 Å². The number of unbranched alkanes of at least 4 members (excludes halogenated alkanes) is 5. The molecule has 0 bridgehead atoms. The SMILES string of the molecule is CCCCCCCC=CC=CC(=O)NCCc1ccnc(OC)c1. The van der Waals surface area contributed by atoms with Crippen molar-refractivity contribution in [2.24, 2.45) is 0 Å². The Balaban J connectivity index is 2.12. The Hall–Kier alpha value is -2.10. The van der Waals surface area contributed by atoms with Crippen molar-refractivity contribution in [3.8, 4) is 5.88 Å². The highest BCUT2D eigenvalue weighted by atomic mass is 16.5. The van der Waals surface area contributed by atoms with Crippen LogP contribution in [0.2, 0.25) is 0 Å². The molecule has 0 aliphatic carbocycles. The van der Waals surface area contributed by atoms with Crippen LogP contribution in [-0.2, 0) is 11.2 Å². The fraction of sp³-hybridized carbons (Fsp3) is 0.500. The van der Waals surface area contributed by atoms with Crippen LogP contribution in [0.25, 0.3) is 0 Å². The first-order valence-electron chi connectivity index (χ1n) is 8.86. The average molecular weight is 330 g/mol. The number of rotatable bonds is 12. The van der Waals surface area contributed by atoms with Gasteiger partial charge in [-0.05, 0) is 30.9 Å². The number of carbonyl (C=O) groups excluding carboxylic acids is 1. The van der Waals surface area contributed by atoms with Gasteiger partial charge in [0.2, 0.25) is 11.8 Å². The predicted molar refractivity (Wildman–Crippen MR) is 99.2 cm³/mol. The van der Waals surface area contributed by atoms with Gasteiger partial charge in [0.05, 0.1) is 7.11 Å². The lowest BCUT2D eigenvalue weighted by molar-refractivity contribution is -0.116. The second-order valence-electron chi connectivity index (χ2n) is 5.74. The third-order valence-electron chi connectivity index (χ3n) is 3.69. The van der Waals surface area contributed by atoms with Crippen molar-refractivity contribution in [1.82, 2.24) is 10.3 Å². The van der Waals surface area contributed by atoms with Gasteiger partial charge in [-0.2, -0.15) is 0 Å². The molecule has 1 N–H and O–H groups in total. The summed E-state index contributed by atoms with van der Waals surface area (Å²) >= 11 is 0. The maximum atomic E-state index is 11.7. The summed E-state index contributed by atoms with van der Waals surface area (Å²) in [6.07, 6.45) is 17.5. The minimum atomic E-state index is -0.0661. The molecule has 4 heteroatoms. The second-order valence-corrected chi connectivity index (χ2v) is 5.74. The first kappa shape index (κ1) is 19.9. The zero-order chi connectivity index (χ0) is 17.5. The summed E-state index contributed by atoms with van der Waals surface area (Å²) in [7, 11) is 1.59. The molecule has 0 spiro atoms. The maximum Gasteiger partial charge on any atom is 0.243 e. The van der Waals surface area contributed by atoms with Gasteiger partial charge >= 0.3 is 0 Å².